The maximum absolute atomic E-state index is 8.65. The highest BCUT2D eigenvalue weighted by Crippen LogP contribution is 2.12. The fourth-order valence-electron chi connectivity index (χ4n) is 1.88. The summed E-state index contributed by atoms with van der Waals surface area (Å²) in [6, 6.07) is 0. The molecule has 2 heteroatoms. The van der Waals surface area contributed by atoms with Crippen LogP contribution in [-0.4, -0.2) is 24.9 Å². The first-order chi connectivity index (χ1) is 8.35. The molecule has 0 rings (SSSR count). The average molecular weight is 242 g/mol. The lowest BCUT2D eigenvalue weighted by atomic mass is 10.1. The van der Waals surface area contributed by atoms with Gasteiger partial charge in [-0.2, -0.15) is 0 Å². The zero-order chi connectivity index (χ0) is 12.8. The number of methoxy groups -OCH3 is 1. The van der Waals surface area contributed by atoms with Crippen molar-refractivity contribution in [1.29, 1.82) is 0 Å². The SMILES string of the molecule is CCCCCCC[C@@H](C/C=C/CCCO)OC. The molecule has 0 saturated carbocycles. The summed E-state index contributed by atoms with van der Waals surface area (Å²) < 4.78 is 5.46. The molecule has 0 amide bonds. The molecule has 0 bridgehead atoms. The molecule has 0 saturated heterocycles. The smallest absolute Gasteiger partial charge is 0.0605 e. The average Bonchev–Trinajstić information content (AvgIpc) is 2.36. The van der Waals surface area contributed by atoms with Gasteiger partial charge in [0.1, 0.15) is 0 Å². The van der Waals surface area contributed by atoms with E-state index in [0.29, 0.717) is 6.10 Å². The molecule has 0 aromatic heterocycles. The lowest BCUT2D eigenvalue weighted by Gasteiger charge is -2.12. The highest BCUT2D eigenvalue weighted by atomic mass is 16.5. The zero-order valence-corrected chi connectivity index (χ0v) is 11.7. The molecular weight excluding hydrogens is 212 g/mol. The third-order valence-corrected chi connectivity index (χ3v) is 3.06. The molecule has 0 aliphatic carbocycles. The predicted octanol–water partition coefficient (Wildman–Crippen LogP) is 4.08. The van der Waals surface area contributed by atoms with Gasteiger partial charge in [0, 0.05) is 13.7 Å². The van der Waals surface area contributed by atoms with E-state index in [1.165, 1.54) is 38.5 Å². The van der Waals surface area contributed by atoms with Crippen molar-refractivity contribution in [1.82, 2.24) is 0 Å². The molecular formula is C15H30O2. The standard InChI is InChI=1S/C15H30O2/c1-3-4-5-6-9-12-15(17-2)13-10-7-8-11-14-16/h7,10,15-16H,3-6,8-9,11-14H2,1-2H3/b10-7+/t15-/m0/s1. The molecule has 0 aliphatic rings. The molecule has 102 valence electrons. The second kappa shape index (κ2) is 13.7. The van der Waals surface area contributed by atoms with Crippen LogP contribution in [0, 0.1) is 0 Å². The van der Waals surface area contributed by atoms with Crippen molar-refractivity contribution in [2.75, 3.05) is 13.7 Å². The van der Waals surface area contributed by atoms with Crippen LogP contribution in [0.1, 0.15) is 64.7 Å². The Balaban J connectivity index is 3.45. The molecule has 0 aliphatic heterocycles. The molecule has 0 heterocycles. The van der Waals surface area contributed by atoms with E-state index >= 15 is 0 Å². The Labute approximate surface area is 107 Å². The lowest BCUT2D eigenvalue weighted by Crippen LogP contribution is -2.08. The maximum Gasteiger partial charge on any atom is 0.0605 e. The van der Waals surface area contributed by atoms with Gasteiger partial charge >= 0.3 is 0 Å². The van der Waals surface area contributed by atoms with Crippen molar-refractivity contribution in [2.24, 2.45) is 0 Å². The third-order valence-electron chi connectivity index (χ3n) is 3.06. The molecule has 0 unspecified atom stereocenters. The summed E-state index contributed by atoms with van der Waals surface area (Å²) >= 11 is 0. The van der Waals surface area contributed by atoms with E-state index < -0.39 is 0 Å². The molecule has 0 aromatic carbocycles. The highest BCUT2D eigenvalue weighted by Gasteiger charge is 2.04. The Morgan fingerprint density at radius 3 is 2.47 bits per heavy atom. The van der Waals surface area contributed by atoms with Gasteiger partial charge in [0.05, 0.1) is 6.10 Å². The van der Waals surface area contributed by atoms with Crippen molar-refractivity contribution in [3.63, 3.8) is 0 Å². The van der Waals surface area contributed by atoms with Crippen LogP contribution >= 0.6 is 0 Å². The van der Waals surface area contributed by atoms with E-state index in [-0.39, 0.29) is 6.61 Å². The maximum atomic E-state index is 8.65. The van der Waals surface area contributed by atoms with Gasteiger partial charge in [0.2, 0.25) is 0 Å². The van der Waals surface area contributed by atoms with Gasteiger partial charge in [0.25, 0.3) is 0 Å². The van der Waals surface area contributed by atoms with Gasteiger partial charge in [0.15, 0.2) is 0 Å². The minimum atomic E-state index is 0.287. The Kier molecular flexibility index (Phi) is 13.4. The van der Waals surface area contributed by atoms with Crippen molar-refractivity contribution < 1.29 is 9.84 Å². The van der Waals surface area contributed by atoms with Crippen LogP contribution < -0.4 is 0 Å². The van der Waals surface area contributed by atoms with Crippen LogP contribution in [-0.2, 0) is 4.74 Å². The molecule has 2 nitrogen and oxygen atoms in total. The summed E-state index contributed by atoms with van der Waals surface area (Å²) in [5.74, 6) is 0. The summed E-state index contributed by atoms with van der Waals surface area (Å²) in [7, 11) is 1.80. The Hall–Kier alpha value is -0.340. The number of hydrogen-bond donors (Lipinski definition) is 1. The third kappa shape index (κ3) is 11.9. The molecule has 1 N–H and O–H groups in total. The first-order valence-corrected chi connectivity index (χ1v) is 7.13. The Bertz CT molecular complexity index is 166. The predicted molar refractivity (Wildman–Crippen MR) is 74.2 cm³/mol. The fraction of sp³-hybridized carbons (Fsp3) is 0.867. The molecule has 0 aromatic rings. The number of rotatable bonds is 12. The Morgan fingerprint density at radius 1 is 1.06 bits per heavy atom. The van der Waals surface area contributed by atoms with Crippen molar-refractivity contribution >= 4 is 0 Å². The highest BCUT2D eigenvalue weighted by molar-refractivity contribution is 4.84. The largest absolute Gasteiger partial charge is 0.396 e. The van der Waals surface area contributed by atoms with Crippen molar-refractivity contribution in [2.45, 2.75) is 70.8 Å². The second-order valence-corrected chi connectivity index (χ2v) is 4.63. The van der Waals surface area contributed by atoms with E-state index in [9.17, 15) is 0 Å². The first-order valence-electron chi connectivity index (χ1n) is 7.13. The topological polar surface area (TPSA) is 29.5 Å². The summed E-state index contributed by atoms with van der Waals surface area (Å²) in [4.78, 5) is 0. The van der Waals surface area contributed by atoms with Gasteiger partial charge in [-0.15, -0.1) is 0 Å². The molecule has 17 heavy (non-hydrogen) atoms. The summed E-state index contributed by atoms with van der Waals surface area (Å²) in [6.07, 6.45) is 15.4. The number of unbranched alkanes of at least 4 members (excludes halogenated alkanes) is 5. The Morgan fingerprint density at radius 2 is 1.82 bits per heavy atom. The van der Waals surface area contributed by atoms with Crippen molar-refractivity contribution in [3.8, 4) is 0 Å². The van der Waals surface area contributed by atoms with Crippen LogP contribution in [0.15, 0.2) is 12.2 Å². The summed E-state index contributed by atoms with van der Waals surface area (Å²) in [5, 5.41) is 8.65. The lowest BCUT2D eigenvalue weighted by molar-refractivity contribution is 0.0952. The zero-order valence-electron chi connectivity index (χ0n) is 11.7. The van der Waals surface area contributed by atoms with Crippen LogP contribution in [0.25, 0.3) is 0 Å². The van der Waals surface area contributed by atoms with Gasteiger partial charge in [-0.05, 0) is 25.7 Å². The number of hydrogen-bond acceptors (Lipinski definition) is 2. The number of allylic oxidation sites excluding steroid dienone is 1. The number of aliphatic hydroxyl groups is 1. The van der Waals surface area contributed by atoms with Gasteiger partial charge < -0.3 is 9.84 Å². The minimum absolute atomic E-state index is 0.287. The fourth-order valence-corrected chi connectivity index (χ4v) is 1.88. The second-order valence-electron chi connectivity index (χ2n) is 4.63. The van der Waals surface area contributed by atoms with Crippen LogP contribution in [0.5, 0.6) is 0 Å². The van der Waals surface area contributed by atoms with E-state index in [1.54, 1.807) is 7.11 Å². The summed E-state index contributed by atoms with van der Waals surface area (Å²) in [6.45, 7) is 2.53. The normalized spacial score (nSPS) is 13.4. The van der Waals surface area contributed by atoms with Crippen molar-refractivity contribution in [3.05, 3.63) is 12.2 Å². The van der Waals surface area contributed by atoms with E-state index in [2.05, 4.69) is 19.1 Å². The van der Waals surface area contributed by atoms with Gasteiger partial charge in [-0.3, -0.25) is 0 Å². The van der Waals surface area contributed by atoms with Crippen LogP contribution in [0.2, 0.25) is 0 Å². The number of ether oxygens (including phenoxy) is 1. The first kappa shape index (κ1) is 16.7. The van der Waals surface area contributed by atoms with Crippen LogP contribution in [0.3, 0.4) is 0 Å². The van der Waals surface area contributed by atoms with Gasteiger partial charge in [-0.1, -0.05) is 51.2 Å². The molecule has 0 spiro atoms. The van der Waals surface area contributed by atoms with E-state index in [0.717, 1.165) is 19.3 Å². The summed E-state index contributed by atoms with van der Waals surface area (Å²) in [5.41, 5.74) is 0. The molecule has 0 radical (unpaired) electrons. The molecule has 1 atom stereocenters. The monoisotopic (exact) mass is 242 g/mol. The minimum Gasteiger partial charge on any atom is -0.396 e. The number of aliphatic hydroxyl groups excluding tert-OH is 1. The van der Waals surface area contributed by atoms with E-state index in [4.69, 9.17) is 9.84 Å². The quantitative estimate of drug-likeness (QED) is 0.413. The molecule has 0 fully saturated rings. The van der Waals surface area contributed by atoms with E-state index in [1.807, 2.05) is 0 Å². The van der Waals surface area contributed by atoms with Crippen LogP contribution in [0.4, 0.5) is 0 Å². The van der Waals surface area contributed by atoms with Gasteiger partial charge in [-0.25, -0.2) is 0 Å².